The van der Waals surface area contributed by atoms with Crippen molar-refractivity contribution in [2.24, 2.45) is 10.9 Å². The number of carbonyl (C=O) groups is 1. The van der Waals surface area contributed by atoms with Gasteiger partial charge < -0.3 is 29.7 Å². The van der Waals surface area contributed by atoms with Gasteiger partial charge in [0.15, 0.2) is 17.5 Å². The van der Waals surface area contributed by atoms with Crippen molar-refractivity contribution in [1.29, 1.82) is 0 Å². The van der Waals surface area contributed by atoms with Gasteiger partial charge in [-0.3, -0.25) is 4.79 Å². The maximum atomic E-state index is 11.8. The second-order valence-corrected chi connectivity index (χ2v) is 6.60. The highest BCUT2D eigenvalue weighted by molar-refractivity contribution is 5.86. The van der Waals surface area contributed by atoms with Crippen LogP contribution in [0.3, 0.4) is 0 Å². The molecule has 1 saturated heterocycles. The van der Waals surface area contributed by atoms with Crippen molar-refractivity contribution in [3.8, 4) is 11.5 Å². The van der Waals surface area contributed by atoms with Gasteiger partial charge in [0.05, 0.1) is 19.7 Å². The van der Waals surface area contributed by atoms with Gasteiger partial charge in [-0.2, -0.15) is 0 Å². The standard InChI is InChI=1S/C18H26N4O4/c1-22(2)17(23)10-21-18(20-9-14-5-6-24-11-14)19-8-13-3-4-15-16(7-13)26-12-25-15/h3-4,7,14H,5-6,8-12H2,1-2H3,(H2,19,20,21). The summed E-state index contributed by atoms with van der Waals surface area (Å²) >= 11 is 0. The molecule has 142 valence electrons. The summed E-state index contributed by atoms with van der Waals surface area (Å²) < 4.78 is 16.1. The summed E-state index contributed by atoms with van der Waals surface area (Å²) in [6, 6.07) is 5.78. The minimum atomic E-state index is -0.00761. The summed E-state index contributed by atoms with van der Waals surface area (Å²) in [5, 5.41) is 6.41. The van der Waals surface area contributed by atoms with Crippen molar-refractivity contribution < 1.29 is 19.0 Å². The van der Waals surface area contributed by atoms with Gasteiger partial charge in [0, 0.05) is 33.2 Å². The SMILES string of the molecule is CN(C)C(=O)CNC(=NCc1ccc2c(c1)OCO2)NCC1CCOC1. The van der Waals surface area contributed by atoms with Crippen LogP contribution < -0.4 is 20.1 Å². The molecule has 0 radical (unpaired) electrons. The molecule has 8 nitrogen and oxygen atoms in total. The van der Waals surface area contributed by atoms with Crippen LogP contribution in [0.1, 0.15) is 12.0 Å². The summed E-state index contributed by atoms with van der Waals surface area (Å²) in [4.78, 5) is 18.0. The Hall–Kier alpha value is -2.48. The molecule has 2 N–H and O–H groups in total. The Labute approximate surface area is 153 Å². The maximum Gasteiger partial charge on any atom is 0.241 e. The van der Waals surface area contributed by atoms with Crippen molar-refractivity contribution in [3.05, 3.63) is 23.8 Å². The molecular formula is C18H26N4O4. The fourth-order valence-electron chi connectivity index (χ4n) is 2.69. The Morgan fingerprint density at radius 3 is 2.88 bits per heavy atom. The van der Waals surface area contributed by atoms with E-state index in [1.165, 1.54) is 0 Å². The smallest absolute Gasteiger partial charge is 0.241 e. The third kappa shape index (κ3) is 5.01. The Bertz CT molecular complexity index is 657. The Morgan fingerprint density at radius 2 is 2.12 bits per heavy atom. The normalized spacial score (nSPS) is 18.7. The molecule has 0 aromatic heterocycles. The van der Waals surface area contributed by atoms with E-state index in [4.69, 9.17) is 14.2 Å². The first-order valence-electron chi connectivity index (χ1n) is 8.80. The molecule has 0 spiro atoms. The van der Waals surface area contributed by atoms with E-state index in [1.54, 1.807) is 19.0 Å². The first-order chi connectivity index (χ1) is 12.6. The largest absolute Gasteiger partial charge is 0.454 e. The van der Waals surface area contributed by atoms with Crippen molar-refractivity contribution in [2.75, 3.05) is 47.2 Å². The zero-order valence-corrected chi connectivity index (χ0v) is 15.3. The minimum Gasteiger partial charge on any atom is -0.454 e. The van der Waals surface area contributed by atoms with Crippen LogP contribution in [-0.2, 0) is 16.1 Å². The molecule has 1 aromatic carbocycles. The van der Waals surface area contributed by atoms with E-state index in [1.807, 2.05) is 18.2 Å². The van der Waals surface area contributed by atoms with Gasteiger partial charge in [-0.25, -0.2) is 4.99 Å². The van der Waals surface area contributed by atoms with Crippen molar-refractivity contribution in [2.45, 2.75) is 13.0 Å². The minimum absolute atomic E-state index is 0.00761. The molecular weight excluding hydrogens is 336 g/mol. The lowest BCUT2D eigenvalue weighted by Crippen LogP contribution is -2.44. The van der Waals surface area contributed by atoms with E-state index >= 15 is 0 Å². The zero-order chi connectivity index (χ0) is 18.4. The predicted molar refractivity (Wildman–Crippen MR) is 97.3 cm³/mol. The predicted octanol–water partition coefficient (Wildman–Crippen LogP) is 0.575. The first-order valence-corrected chi connectivity index (χ1v) is 8.80. The van der Waals surface area contributed by atoms with Gasteiger partial charge in [0.1, 0.15) is 0 Å². The van der Waals surface area contributed by atoms with Crippen molar-refractivity contribution in [3.63, 3.8) is 0 Å². The number of likely N-dealkylation sites (N-methyl/N-ethyl adjacent to an activating group) is 1. The monoisotopic (exact) mass is 362 g/mol. The fraction of sp³-hybridized carbons (Fsp3) is 0.556. The number of hydrogen-bond acceptors (Lipinski definition) is 5. The number of aliphatic imine (C=N–C) groups is 1. The van der Waals surface area contributed by atoms with Crippen LogP contribution in [0.5, 0.6) is 11.5 Å². The summed E-state index contributed by atoms with van der Waals surface area (Å²) in [7, 11) is 3.47. The highest BCUT2D eigenvalue weighted by atomic mass is 16.7. The summed E-state index contributed by atoms with van der Waals surface area (Å²) in [5.41, 5.74) is 1.01. The molecule has 2 aliphatic rings. The number of benzene rings is 1. The summed E-state index contributed by atoms with van der Waals surface area (Å²) in [5.74, 6) is 2.58. The molecule has 1 fully saturated rings. The van der Waals surface area contributed by atoms with Crippen LogP contribution >= 0.6 is 0 Å². The second-order valence-electron chi connectivity index (χ2n) is 6.60. The number of guanidine groups is 1. The average molecular weight is 362 g/mol. The Kier molecular flexibility index (Phi) is 6.17. The van der Waals surface area contributed by atoms with Gasteiger partial charge in [-0.15, -0.1) is 0 Å². The lowest BCUT2D eigenvalue weighted by atomic mass is 10.1. The van der Waals surface area contributed by atoms with E-state index < -0.39 is 0 Å². The molecule has 2 heterocycles. The highest BCUT2D eigenvalue weighted by Crippen LogP contribution is 2.32. The van der Waals surface area contributed by atoms with Crippen LogP contribution in [0.2, 0.25) is 0 Å². The van der Waals surface area contributed by atoms with Crippen LogP contribution in [0, 0.1) is 5.92 Å². The van der Waals surface area contributed by atoms with E-state index in [0.717, 1.165) is 43.2 Å². The number of amides is 1. The number of hydrogen-bond donors (Lipinski definition) is 2. The van der Waals surface area contributed by atoms with E-state index in [0.29, 0.717) is 18.4 Å². The molecule has 0 bridgehead atoms. The molecule has 2 aliphatic heterocycles. The van der Waals surface area contributed by atoms with Crippen LogP contribution in [0.4, 0.5) is 0 Å². The number of nitrogens with zero attached hydrogens (tertiary/aromatic N) is 2. The highest BCUT2D eigenvalue weighted by Gasteiger charge is 2.16. The molecule has 0 saturated carbocycles. The van der Waals surface area contributed by atoms with Crippen molar-refractivity contribution in [1.82, 2.24) is 15.5 Å². The van der Waals surface area contributed by atoms with Crippen LogP contribution in [0.15, 0.2) is 23.2 Å². The second kappa shape index (κ2) is 8.75. The molecule has 1 atom stereocenters. The quantitative estimate of drug-likeness (QED) is 0.569. The summed E-state index contributed by atoms with van der Waals surface area (Å²) in [6.45, 7) is 3.27. The third-order valence-corrected chi connectivity index (χ3v) is 4.34. The van der Waals surface area contributed by atoms with Crippen LogP contribution in [-0.4, -0.2) is 64.0 Å². The van der Waals surface area contributed by atoms with Gasteiger partial charge >= 0.3 is 0 Å². The molecule has 1 aromatic rings. The molecule has 8 heteroatoms. The number of carbonyl (C=O) groups excluding carboxylic acids is 1. The maximum absolute atomic E-state index is 11.8. The first kappa shape index (κ1) is 18.3. The molecule has 26 heavy (non-hydrogen) atoms. The lowest BCUT2D eigenvalue weighted by Gasteiger charge is -2.16. The number of nitrogens with one attached hydrogen (secondary N) is 2. The van der Waals surface area contributed by atoms with Gasteiger partial charge in [0.25, 0.3) is 0 Å². The molecule has 0 aliphatic carbocycles. The molecule has 1 amide bonds. The topological polar surface area (TPSA) is 84.4 Å². The van der Waals surface area contributed by atoms with Crippen LogP contribution in [0.25, 0.3) is 0 Å². The Morgan fingerprint density at radius 1 is 1.27 bits per heavy atom. The molecule has 1 unspecified atom stereocenters. The molecule has 3 rings (SSSR count). The van der Waals surface area contributed by atoms with E-state index in [-0.39, 0.29) is 19.2 Å². The van der Waals surface area contributed by atoms with Gasteiger partial charge in [-0.1, -0.05) is 6.07 Å². The summed E-state index contributed by atoms with van der Waals surface area (Å²) in [6.07, 6.45) is 1.04. The average Bonchev–Trinajstić information content (AvgIpc) is 3.31. The number of ether oxygens (including phenoxy) is 3. The van der Waals surface area contributed by atoms with Gasteiger partial charge in [-0.05, 0) is 24.1 Å². The van der Waals surface area contributed by atoms with Crippen molar-refractivity contribution >= 4 is 11.9 Å². The zero-order valence-electron chi connectivity index (χ0n) is 15.3. The van der Waals surface area contributed by atoms with Gasteiger partial charge in [0.2, 0.25) is 12.7 Å². The fourth-order valence-corrected chi connectivity index (χ4v) is 2.69. The third-order valence-electron chi connectivity index (χ3n) is 4.34. The number of rotatable bonds is 6. The lowest BCUT2D eigenvalue weighted by molar-refractivity contribution is -0.127. The number of fused-ring (bicyclic) bond motifs is 1. The van der Waals surface area contributed by atoms with E-state index in [9.17, 15) is 4.79 Å². The van der Waals surface area contributed by atoms with E-state index in [2.05, 4.69) is 15.6 Å². The Balaban J connectivity index is 1.60.